The van der Waals surface area contributed by atoms with Crippen LogP contribution in [0.3, 0.4) is 0 Å². The number of anilines is 2. The Hall–Kier alpha value is -3.65. The van der Waals surface area contributed by atoms with Gasteiger partial charge in [0.25, 0.3) is 5.56 Å². The summed E-state index contributed by atoms with van der Waals surface area (Å²) in [7, 11) is 1.74. The maximum atomic E-state index is 13.5. The summed E-state index contributed by atoms with van der Waals surface area (Å²) in [5.74, 6) is 1.14. The van der Waals surface area contributed by atoms with Gasteiger partial charge in [0.15, 0.2) is 11.2 Å². The summed E-state index contributed by atoms with van der Waals surface area (Å²) in [6, 6.07) is 20.3. The normalized spacial score (nSPS) is 18.2. The van der Waals surface area contributed by atoms with E-state index in [4.69, 9.17) is 15.7 Å². The second-order valence-corrected chi connectivity index (χ2v) is 9.02. The Morgan fingerprint density at radius 2 is 1.59 bits per heavy atom. The quantitative estimate of drug-likeness (QED) is 0.393. The topological polar surface area (TPSA) is 103 Å². The Labute approximate surface area is 198 Å². The third-order valence-electron chi connectivity index (χ3n) is 6.60. The molecular formula is C26H31N7O. The van der Waals surface area contributed by atoms with Crippen molar-refractivity contribution >= 4 is 23.1 Å². The lowest BCUT2D eigenvalue weighted by Crippen LogP contribution is -2.43. The molecule has 5 rings (SSSR count). The highest BCUT2D eigenvalue weighted by Crippen LogP contribution is 2.24. The lowest BCUT2D eigenvalue weighted by atomic mass is 9.91. The number of hydrogen-bond donors (Lipinski definition) is 3. The number of nitrogens with one attached hydrogen (secondary N) is 2. The van der Waals surface area contributed by atoms with Gasteiger partial charge in [0.2, 0.25) is 11.9 Å². The molecule has 34 heavy (non-hydrogen) atoms. The average molecular weight is 458 g/mol. The third kappa shape index (κ3) is 4.54. The van der Waals surface area contributed by atoms with Crippen molar-refractivity contribution in [2.75, 3.05) is 10.6 Å². The zero-order valence-corrected chi connectivity index (χ0v) is 19.4. The van der Waals surface area contributed by atoms with Gasteiger partial charge in [-0.2, -0.15) is 9.97 Å². The molecule has 0 spiro atoms. The Bertz CT molecular complexity index is 1310. The van der Waals surface area contributed by atoms with E-state index in [9.17, 15) is 4.79 Å². The minimum Gasteiger partial charge on any atom is -0.351 e. The summed E-state index contributed by atoms with van der Waals surface area (Å²) >= 11 is 0. The predicted molar refractivity (Wildman–Crippen MR) is 136 cm³/mol. The van der Waals surface area contributed by atoms with Crippen LogP contribution in [0.4, 0.5) is 11.9 Å². The predicted octanol–water partition coefficient (Wildman–Crippen LogP) is 3.47. The fourth-order valence-electron chi connectivity index (χ4n) is 4.63. The van der Waals surface area contributed by atoms with Crippen molar-refractivity contribution in [3.63, 3.8) is 0 Å². The average Bonchev–Trinajstić information content (AvgIpc) is 3.20. The van der Waals surface area contributed by atoms with Gasteiger partial charge < -0.3 is 16.4 Å². The highest BCUT2D eigenvalue weighted by Gasteiger charge is 2.25. The monoisotopic (exact) mass is 457 g/mol. The van der Waals surface area contributed by atoms with E-state index in [1.807, 2.05) is 53.1 Å². The molecule has 2 aromatic carbocycles. The van der Waals surface area contributed by atoms with Gasteiger partial charge in [-0.05, 0) is 24.0 Å². The Morgan fingerprint density at radius 3 is 2.29 bits per heavy atom. The SMILES string of the molecule is Cn1c(NCc2ccccc2)nc2nc(NC3CCCCC3N)n(Cc3ccccc3)c2c1=O. The smallest absolute Gasteiger partial charge is 0.281 e. The van der Waals surface area contributed by atoms with E-state index in [2.05, 4.69) is 22.8 Å². The van der Waals surface area contributed by atoms with Gasteiger partial charge in [0, 0.05) is 25.7 Å². The van der Waals surface area contributed by atoms with Crippen LogP contribution in [0.5, 0.6) is 0 Å². The van der Waals surface area contributed by atoms with Gasteiger partial charge in [0.1, 0.15) is 0 Å². The van der Waals surface area contributed by atoms with Crippen LogP contribution in [0.15, 0.2) is 65.5 Å². The van der Waals surface area contributed by atoms with Gasteiger partial charge in [-0.1, -0.05) is 73.5 Å². The number of hydrogen-bond acceptors (Lipinski definition) is 6. The number of fused-ring (bicyclic) bond motifs is 1. The van der Waals surface area contributed by atoms with Crippen molar-refractivity contribution in [2.45, 2.75) is 50.9 Å². The van der Waals surface area contributed by atoms with Crippen molar-refractivity contribution < 1.29 is 0 Å². The third-order valence-corrected chi connectivity index (χ3v) is 6.60. The van der Waals surface area contributed by atoms with E-state index in [0.29, 0.717) is 36.2 Å². The van der Waals surface area contributed by atoms with Crippen molar-refractivity contribution in [1.29, 1.82) is 0 Å². The van der Waals surface area contributed by atoms with Gasteiger partial charge in [-0.25, -0.2) is 0 Å². The van der Waals surface area contributed by atoms with Crippen LogP contribution < -0.4 is 21.9 Å². The second kappa shape index (κ2) is 9.69. The van der Waals surface area contributed by atoms with Gasteiger partial charge in [-0.15, -0.1) is 0 Å². The van der Waals surface area contributed by atoms with Crippen LogP contribution >= 0.6 is 0 Å². The fourth-order valence-corrected chi connectivity index (χ4v) is 4.63. The van der Waals surface area contributed by atoms with Crippen molar-refractivity contribution in [1.82, 2.24) is 19.1 Å². The summed E-state index contributed by atoms with van der Waals surface area (Å²) < 4.78 is 3.51. The molecule has 0 bridgehead atoms. The molecular weight excluding hydrogens is 426 g/mol. The first-order valence-electron chi connectivity index (χ1n) is 11.9. The second-order valence-electron chi connectivity index (χ2n) is 9.02. The molecule has 4 aromatic rings. The van der Waals surface area contributed by atoms with E-state index in [1.54, 1.807) is 11.6 Å². The van der Waals surface area contributed by atoms with Crippen LogP contribution in [-0.2, 0) is 20.1 Å². The number of nitrogens with zero attached hydrogens (tertiary/aromatic N) is 4. The zero-order chi connectivity index (χ0) is 23.5. The summed E-state index contributed by atoms with van der Waals surface area (Å²) in [5, 5.41) is 6.84. The van der Waals surface area contributed by atoms with Gasteiger partial charge in [0.05, 0.1) is 6.54 Å². The molecule has 8 heteroatoms. The van der Waals surface area contributed by atoms with Crippen molar-refractivity contribution in [3.8, 4) is 0 Å². The van der Waals surface area contributed by atoms with Crippen molar-refractivity contribution in [3.05, 3.63) is 82.1 Å². The molecule has 2 aromatic heterocycles. The molecule has 1 fully saturated rings. The summed E-state index contributed by atoms with van der Waals surface area (Å²) in [6.07, 6.45) is 4.27. The minimum absolute atomic E-state index is 0.0672. The summed E-state index contributed by atoms with van der Waals surface area (Å²) in [5.41, 5.74) is 9.39. The van der Waals surface area contributed by atoms with Crippen LogP contribution in [0.1, 0.15) is 36.8 Å². The van der Waals surface area contributed by atoms with Crippen LogP contribution in [0, 0.1) is 0 Å². The number of imidazole rings is 1. The standard InChI is InChI=1S/C26H31N7O/c1-32-24(34)22-23(30-25(32)28-16-18-10-4-2-5-11-18)31-26(29-21-15-9-8-14-20(21)27)33(22)17-19-12-6-3-7-13-19/h2-7,10-13,20-21H,8-9,14-17,27H2,1H3,(H,28,30)(H,29,31). The number of benzene rings is 2. The maximum absolute atomic E-state index is 13.5. The lowest BCUT2D eigenvalue weighted by Gasteiger charge is -2.29. The van der Waals surface area contributed by atoms with Gasteiger partial charge in [-0.3, -0.25) is 13.9 Å². The Balaban J connectivity index is 1.54. The van der Waals surface area contributed by atoms with Gasteiger partial charge >= 0.3 is 0 Å². The van der Waals surface area contributed by atoms with E-state index in [-0.39, 0.29) is 17.6 Å². The van der Waals surface area contributed by atoms with E-state index in [1.165, 1.54) is 0 Å². The first-order valence-corrected chi connectivity index (χ1v) is 11.9. The molecule has 1 aliphatic carbocycles. The first kappa shape index (κ1) is 22.2. The van der Waals surface area contributed by atoms with E-state index >= 15 is 0 Å². The molecule has 0 aliphatic heterocycles. The summed E-state index contributed by atoms with van der Waals surface area (Å²) in [4.78, 5) is 23.0. The van der Waals surface area contributed by atoms with Crippen LogP contribution in [-0.4, -0.2) is 31.2 Å². The molecule has 1 saturated carbocycles. The number of aromatic nitrogens is 4. The molecule has 4 N–H and O–H groups in total. The van der Waals surface area contributed by atoms with Crippen molar-refractivity contribution in [2.24, 2.45) is 12.8 Å². The number of nitrogens with two attached hydrogens (primary N) is 1. The number of rotatable bonds is 7. The highest BCUT2D eigenvalue weighted by molar-refractivity contribution is 5.75. The molecule has 1 aliphatic rings. The molecule has 2 heterocycles. The van der Waals surface area contributed by atoms with Crippen LogP contribution in [0.25, 0.3) is 11.2 Å². The fraction of sp³-hybridized carbons (Fsp3) is 0.346. The Morgan fingerprint density at radius 1 is 0.941 bits per heavy atom. The van der Waals surface area contributed by atoms with Crippen LogP contribution in [0.2, 0.25) is 0 Å². The highest BCUT2D eigenvalue weighted by atomic mass is 16.1. The maximum Gasteiger partial charge on any atom is 0.281 e. The Kier molecular flexibility index (Phi) is 6.31. The first-order chi connectivity index (χ1) is 16.6. The molecule has 2 unspecified atom stereocenters. The molecule has 0 saturated heterocycles. The minimum atomic E-state index is -0.134. The lowest BCUT2D eigenvalue weighted by molar-refractivity contribution is 0.401. The van der Waals surface area contributed by atoms with E-state index < -0.39 is 0 Å². The molecule has 0 amide bonds. The molecule has 176 valence electrons. The largest absolute Gasteiger partial charge is 0.351 e. The summed E-state index contributed by atoms with van der Waals surface area (Å²) in [6.45, 7) is 1.09. The molecule has 2 atom stereocenters. The molecule has 8 nitrogen and oxygen atoms in total. The molecule has 0 radical (unpaired) electrons. The van der Waals surface area contributed by atoms with E-state index in [0.717, 1.165) is 36.8 Å². The zero-order valence-electron chi connectivity index (χ0n) is 19.4.